The number of rotatable bonds is 5. The average Bonchev–Trinajstić information content (AvgIpc) is 2.20. The van der Waals surface area contributed by atoms with Gasteiger partial charge >= 0.3 is 5.69 Å². The van der Waals surface area contributed by atoms with Crippen molar-refractivity contribution in [3.63, 3.8) is 0 Å². The summed E-state index contributed by atoms with van der Waals surface area (Å²) in [5.41, 5.74) is -1.62. The van der Waals surface area contributed by atoms with Gasteiger partial charge in [0, 0.05) is 23.4 Å². The van der Waals surface area contributed by atoms with E-state index >= 15 is 0 Å². The van der Waals surface area contributed by atoms with Crippen molar-refractivity contribution in [2.45, 2.75) is 38.1 Å². The quantitative estimate of drug-likeness (QED) is 0.817. The Morgan fingerprint density at radius 1 is 1.44 bits per heavy atom. The highest BCUT2D eigenvalue weighted by Crippen LogP contribution is 2.10. The lowest BCUT2D eigenvalue weighted by molar-refractivity contribution is 0.430. The summed E-state index contributed by atoms with van der Waals surface area (Å²) in [5, 5.41) is 0. The Balaban J connectivity index is 3.23. The van der Waals surface area contributed by atoms with E-state index in [1.807, 2.05) is 18.8 Å². The Morgan fingerprint density at radius 3 is 2.56 bits per heavy atom. The van der Waals surface area contributed by atoms with E-state index < -0.39 is 25.2 Å². The molecule has 0 saturated carbocycles. The van der Waals surface area contributed by atoms with Gasteiger partial charge in [0.15, 0.2) is 4.90 Å². The molecule has 0 radical (unpaired) electrons. The maximum Gasteiger partial charge on any atom is 0.328 e. The van der Waals surface area contributed by atoms with Crippen molar-refractivity contribution in [2.24, 2.45) is 5.92 Å². The maximum atomic E-state index is 11.5. The molecule has 6 nitrogen and oxygen atoms in total. The third kappa shape index (κ3) is 3.71. The molecule has 1 unspecified atom stereocenters. The van der Waals surface area contributed by atoms with Gasteiger partial charge in [0.05, 0.1) is 0 Å². The molecule has 8 heteroatoms. The van der Waals surface area contributed by atoms with Crippen LogP contribution in [0.25, 0.3) is 0 Å². The number of nitrogens with zero attached hydrogens (tertiary/aromatic N) is 1. The number of hydrogen-bond acceptors (Lipinski definition) is 4. The van der Waals surface area contributed by atoms with Crippen LogP contribution in [0.3, 0.4) is 0 Å². The summed E-state index contributed by atoms with van der Waals surface area (Å²) < 4.78 is 23.5. The second kappa shape index (κ2) is 5.71. The molecule has 102 valence electrons. The fourth-order valence-electron chi connectivity index (χ4n) is 1.72. The SMILES string of the molecule is CCCC(C)Cn1cc(S(=O)(=O)Cl)c(=O)[nH]c1=O. The molecule has 1 rings (SSSR count). The van der Waals surface area contributed by atoms with Crippen LogP contribution in [-0.2, 0) is 15.6 Å². The van der Waals surface area contributed by atoms with Gasteiger partial charge in [0.25, 0.3) is 14.6 Å². The van der Waals surface area contributed by atoms with Gasteiger partial charge in [-0.15, -0.1) is 0 Å². The summed E-state index contributed by atoms with van der Waals surface area (Å²) in [5.74, 6) is 0.199. The highest BCUT2D eigenvalue weighted by molar-refractivity contribution is 8.13. The fourth-order valence-corrected chi connectivity index (χ4v) is 2.57. The number of nitrogens with one attached hydrogen (secondary N) is 1. The first-order valence-corrected chi connectivity index (χ1v) is 7.85. The molecule has 1 aromatic heterocycles. The van der Waals surface area contributed by atoms with Gasteiger partial charge in [-0.1, -0.05) is 20.3 Å². The minimum absolute atomic E-state index is 0.199. The van der Waals surface area contributed by atoms with Crippen LogP contribution in [0.2, 0.25) is 0 Å². The molecular formula is C10H15ClN2O4S. The highest BCUT2D eigenvalue weighted by atomic mass is 35.7. The van der Waals surface area contributed by atoms with E-state index in [1.165, 1.54) is 0 Å². The Kier molecular flexibility index (Phi) is 4.75. The molecule has 0 amide bonds. The second-order valence-corrected chi connectivity index (χ2v) is 6.77. The molecule has 0 fully saturated rings. The average molecular weight is 295 g/mol. The number of aromatic nitrogens is 2. The van der Waals surface area contributed by atoms with Crippen molar-refractivity contribution in [1.82, 2.24) is 9.55 Å². The van der Waals surface area contributed by atoms with E-state index in [-0.39, 0.29) is 5.92 Å². The van der Waals surface area contributed by atoms with Gasteiger partial charge in [-0.3, -0.25) is 14.3 Å². The monoisotopic (exact) mass is 294 g/mol. The standard InChI is InChI=1S/C10H15ClN2O4S/c1-3-4-7(2)5-13-6-8(18(11,16)17)9(14)12-10(13)15/h6-7H,3-5H2,1-2H3,(H,12,14,15). The third-order valence-electron chi connectivity index (χ3n) is 2.53. The molecule has 0 aromatic carbocycles. The van der Waals surface area contributed by atoms with Crippen LogP contribution in [0, 0.1) is 5.92 Å². The van der Waals surface area contributed by atoms with Gasteiger partial charge in [-0.2, -0.15) is 0 Å². The zero-order valence-corrected chi connectivity index (χ0v) is 11.7. The Morgan fingerprint density at radius 2 is 2.06 bits per heavy atom. The van der Waals surface area contributed by atoms with Crippen LogP contribution >= 0.6 is 10.7 Å². The predicted molar refractivity (Wildman–Crippen MR) is 68.4 cm³/mol. The molecule has 0 aliphatic carbocycles. The second-order valence-electron chi connectivity index (χ2n) is 4.24. The Labute approximate surface area is 109 Å². The van der Waals surface area contributed by atoms with Gasteiger partial charge in [0.1, 0.15) is 0 Å². The molecule has 0 aliphatic rings. The number of hydrogen-bond donors (Lipinski definition) is 1. The number of aromatic amines is 1. The van der Waals surface area contributed by atoms with E-state index in [0.717, 1.165) is 23.6 Å². The number of halogens is 1. The summed E-state index contributed by atoms with van der Waals surface area (Å²) in [6.07, 6.45) is 2.85. The van der Waals surface area contributed by atoms with Gasteiger partial charge in [-0.05, 0) is 12.3 Å². The first-order valence-electron chi connectivity index (χ1n) is 5.54. The van der Waals surface area contributed by atoms with Gasteiger partial charge < -0.3 is 0 Å². The fraction of sp³-hybridized carbons (Fsp3) is 0.600. The van der Waals surface area contributed by atoms with Crippen LogP contribution in [0.15, 0.2) is 20.7 Å². The Hall–Kier alpha value is -1.08. The molecule has 1 atom stereocenters. The minimum atomic E-state index is -4.15. The van der Waals surface area contributed by atoms with E-state index in [2.05, 4.69) is 0 Å². The summed E-state index contributed by atoms with van der Waals surface area (Å²) in [6, 6.07) is 0. The molecule has 1 heterocycles. The normalized spacial score (nSPS) is 13.5. The van der Waals surface area contributed by atoms with Crippen LogP contribution in [-0.4, -0.2) is 18.0 Å². The van der Waals surface area contributed by atoms with Crippen molar-refractivity contribution < 1.29 is 8.42 Å². The summed E-state index contributed by atoms with van der Waals surface area (Å²) in [6.45, 7) is 4.29. The van der Waals surface area contributed by atoms with E-state index in [0.29, 0.717) is 6.54 Å². The summed E-state index contributed by atoms with van der Waals surface area (Å²) in [7, 11) is 0.971. The van der Waals surface area contributed by atoms with Crippen LogP contribution < -0.4 is 11.2 Å². The third-order valence-corrected chi connectivity index (χ3v) is 3.85. The summed E-state index contributed by atoms with van der Waals surface area (Å²) in [4.78, 5) is 24.2. The smallest absolute Gasteiger partial charge is 0.299 e. The van der Waals surface area contributed by atoms with Crippen molar-refractivity contribution in [1.29, 1.82) is 0 Å². The molecule has 0 spiro atoms. The summed E-state index contributed by atoms with van der Waals surface area (Å²) >= 11 is 0. The maximum absolute atomic E-state index is 11.5. The molecule has 1 aromatic rings. The molecule has 0 saturated heterocycles. The highest BCUT2D eigenvalue weighted by Gasteiger charge is 2.17. The van der Waals surface area contributed by atoms with Crippen molar-refractivity contribution >= 4 is 19.7 Å². The lowest BCUT2D eigenvalue weighted by Gasteiger charge is -2.12. The molecule has 0 bridgehead atoms. The van der Waals surface area contributed by atoms with E-state index in [4.69, 9.17) is 10.7 Å². The van der Waals surface area contributed by atoms with Crippen LogP contribution in [0.1, 0.15) is 26.7 Å². The first-order chi connectivity index (χ1) is 8.25. The lowest BCUT2D eigenvalue weighted by atomic mass is 10.1. The largest absolute Gasteiger partial charge is 0.328 e. The molecule has 0 aliphatic heterocycles. The molecule has 1 N–H and O–H groups in total. The van der Waals surface area contributed by atoms with Gasteiger partial charge in [0.2, 0.25) is 0 Å². The topological polar surface area (TPSA) is 89.0 Å². The van der Waals surface area contributed by atoms with Crippen molar-refractivity contribution in [3.05, 3.63) is 27.0 Å². The van der Waals surface area contributed by atoms with Crippen LogP contribution in [0.5, 0.6) is 0 Å². The minimum Gasteiger partial charge on any atom is -0.299 e. The zero-order chi connectivity index (χ0) is 13.9. The van der Waals surface area contributed by atoms with Gasteiger partial charge in [-0.25, -0.2) is 13.2 Å². The first kappa shape index (κ1) is 15.0. The Bertz CT molecular complexity index is 632. The molecule has 18 heavy (non-hydrogen) atoms. The van der Waals surface area contributed by atoms with Crippen LogP contribution in [0.4, 0.5) is 0 Å². The van der Waals surface area contributed by atoms with Crippen molar-refractivity contribution in [3.8, 4) is 0 Å². The molecular weight excluding hydrogens is 280 g/mol. The predicted octanol–water partition coefficient (Wildman–Crippen LogP) is 0.900. The van der Waals surface area contributed by atoms with Crippen molar-refractivity contribution in [2.75, 3.05) is 0 Å². The number of H-pyrrole nitrogens is 1. The lowest BCUT2D eigenvalue weighted by Crippen LogP contribution is -2.33. The zero-order valence-electron chi connectivity index (χ0n) is 10.1. The van der Waals surface area contributed by atoms with E-state index in [1.54, 1.807) is 0 Å². The van der Waals surface area contributed by atoms with E-state index in [9.17, 15) is 18.0 Å².